The molecule has 38 heavy (non-hydrogen) atoms. The van der Waals surface area contributed by atoms with Crippen molar-refractivity contribution in [1.29, 1.82) is 0 Å². The number of nitrogens with zero attached hydrogens (tertiary/aromatic N) is 1. The van der Waals surface area contributed by atoms with Crippen LogP contribution in [0.3, 0.4) is 0 Å². The van der Waals surface area contributed by atoms with Crippen molar-refractivity contribution < 1.29 is 17.9 Å². The van der Waals surface area contributed by atoms with Gasteiger partial charge in [-0.25, -0.2) is 13.1 Å². The average Bonchev–Trinajstić information content (AvgIpc) is 3.17. The van der Waals surface area contributed by atoms with E-state index in [1.54, 1.807) is 6.92 Å². The Balaban J connectivity index is 0.000000308. The third-order valence-corrected chi connectivity index (χ3v) is 7.91. The summed E-state index contributed by atoms with van der Waals surface area (Å²) >= 11 is 0. The van der Waals surface area contributed by atoms with Gasteiger partial charge in [-0.05, 0) is 76.6 Å². The Kier molecular flexibility index (Phi) is 10.7. The quantitative estimate of drug-likeness (QED) is 0.296. The Labute approximate surface area is 227 Å². The number of carbonyl (C=O) groups is 1. The number of nitrogens with two attached hydrogens (primary N) is 2. The fraction of sp³-hybridized carbons (Fsp3) is 0.500. The van der Waals surface area contributed by atoms with E-state index in [1.165, 1.54) is 5.56 Å². The van der Waals surface area contributed by atoms with E-state index in [9.17, 15) is 13.2 Å². The van der Waals surface area contributed by atoms with Crippen molar-refractivity contribution in [3.8, 4) is 5.75 Å². The van der Waals surface area contributed by atoms with Crippen LogP contribution in [0.25, 0.3) is 0 Å². The van der Waals surface area contributed by atoms with Gasteiger partial charge in [0.25, 0.3) is 10.0 Å². The van der Waals surface area contributed by atoms with E-state index in [-0.39, 0.29) is 34.9 Å². The lowest BCUT2D eigenvalue weighted by Gasteiger charge is -2.19. The number of benzene rings is 2. The van der Waals surface area contributed by atoms with Crippen molar-refractivity contribution in [2.45, 2.75) is 84.3 Å². The van der Waals surface area contributed by atoms with Gasteiger partial charge >= 0.3 is 0 Å². The van der Waals surface area contributed by atoms with E-state index < -0.39 is 10.0 Å². The molecule has 0 bridgehead atoms. The maximum atomic E-state index is 12.8. The molecular weight excluding hydrogens is 502 g/mol. The molecule has 10 heteroatoms. The summed E-state index contributed by atoms with van der Waals surface area (Å²) < 4.78 is 34.1. The smallest absolute Gasteiger partial charge is 0.264 e. The summed E-state index contributed by atoms with van der Waals surface area (Å²) in [6.07, 6.45) is 2.31. The lowest BCUT2D eigenvalue weighted by molar-refractivity contribution is -0.120. The second-order valence-corrected chi connectivity index (χ2v) is 11.9. The molecule has 0 saturated heterocycles. The van der Waals surface area contributed by atoms with Gasteiger partial charge in [-0.2, -0.15) is 0 Å². The number of hydrogen-bond acceptors (Lipinski definition) is 6. The normalized spacial score (nSPS) is 15.0. The number of guanidine groups is 1. The summed E-state index contributed by atoms with van der Waals surface area (Å²) in [6.45, 7) is 14.0. The number of hydrogen-bond donors (Lipinski definition) is 4. The van der Waals surface area contributed by atoms with Gasteiger partial charge in [0.2, 0.25) is 11.9 Å². The molecule has 0 aliphatic carbocycles. The SMILES string of the molecule is CCCN=C(N)NS(=O)(=O)c1c(C)c(C)c2c(c1C)CC(C)(C)O2.C[C@@H](Cc1ccccc1)NC(=O)CN. The molecule has 0 saturated carbocycles. The molecule has 210 valence electrons. The monoisotopic (exact) mass is 545 g/mol. The third-order valence-electron chi connectivity index (χ3n) is 6.28. The highest BCUT2D eigenvalue weighted by Gasteiger charge is 2.36. The second kappa shape index (κ2) is 13.1. The molecule has 1 amide bonds. The summed E-state index contributed by atoms with van der Waals surface area (Å²) in [6, 6.07) is 10.2. The summed E-state index contributed by atoms with van der Waals surface area (Å²) in [5.41, 5.74) is 15.0. The summed E-state index contributed by atoms with van der Waals surface area (Å²) in [7, 11) is -3.79. The zero-order valence-corrected chi connectivity index (χ0v) is 24.5. The second-order valence-electron chi connectivity index (χ2n) is 10.3. The zero-order chi connectivity index (χ0) is 28.7. The van der Waals surface area contributed by atoms with Crippen molar-refractivity contribution in [2.24, 2.45) is 16.5 Å². The van der Waals surface area contributed by atoms with Crippen LogP contribution >= 0.6 is 0 Å². The van der Waals surface area contributed by atoms with Crippen molar-refractivity contribution >= 4 is 21.9 Å². The van der Waals surface area contributed by atoms with Crippen molar-refractivity contribution in [3.05, 3.63) is 58.1 Å². The molecule has 6 N–H and O–H groups in total. The Morgan fingerprint density at radius 3 is 2.34 bits per heavy atom. The molecule has 2 aromatic carbocycles. The molecule has 0 aromatic heterocycles. The van der Waals surface area contributed by atoms with Crippen molar-refractivity contribution in [3.63, 3.8) is 0 Å². The number of carbonyl (C=O) groups excluding carboxylic acids is 1. The highest BCUT2D eigenvalue weighted by atomic mass is 32.2. The van der Waals surface area contributed by atoms with E-state index in [1.807, 2.05) is 71.9 Å². The molecule has 3 rings (SSSR count). The molecule has 1 atom stereocenters. The molecule has 1 aliphatic heterocycles. The Morgan fingerprint density at radius 2 is 1.76 bits per heavy atom. The van der Waals surface area contributed by atoms with Crippen LogP contribution in [0.2, 0.25) is 0 Å². The van der Waals surface area contributed by atoms with Crippen LogP contribution in [0.4, 0.5) is 0 Å². The molecule has 0 spiro atoms. The van der Waals surface area contributed by atoms with Gasteiger partial charge in [0, 0.05) is 24.6 Å². The van der Waals surface area contributed by atoms with Gasteiger partial charge in [0.15, 0.2) is 0 Å². The van der Waals surface area contributed by atoms with Crippen LogP contribution in [-0.2, 0) is 27.7 Å². The van der Waals surface area contributed by atoms with Crippen LogP contribution in [-0.4, -0.2) is 45.0 Å². The molecular formula is C28H43N5O4S. The lowest BCUT2D eigenvalue weighted by atomic mass is 9.94. The Hall–Kier alpha value is -3.11. The Morgan fingerprint density at radius 1 is 1.13 bits per heavy atom. The predicted octanol–water partition coefficient (Wildman–Crippen LogP) is 3.02. The maximum Gasteiger partial charge on any atom is 0.264 e. The van der Waals surface area contributed by atoms with Crippen LogP contribution in [0.1, 0.15) is 61.9 Å². The van der Waals surface area contributed by atoms with Gasteiger partial charge in [-0.3, -0.25) is 9.79 Å². The summed E-state index contributed by atoms with van der Waals surface area (Å²) in [5.74, 6) is 0.625. The number of sulfonamides is 1. The first kappa shape index (κ1) is 31.1. The molecule has 9 nitrogen and oxygen atoms in total. The Bertz CT molecular complexity index is 1260. The minimum Gasteiger partial charge on any atom is -0.487 e. The van der Waals surface area contributed by atoms with Crippen LogP contribution < -0.4 is 26.2 Å². The number of nitrogens with one attached hydrogen (secondary N) is 2. The first-order valence-electron chi connectivity index (χ1n) is 12.9. The standard InChI is InChI=1S/C17H27N3O3S.C11H16N2O/c1-7-8-19-16(18)20-24(21,22)15-11(3)10(2)14-13(12(15)4)9-17(5,6)23-14;1-9(13-11(14)8-12)7-10-5-3-2-4-6-10/h7-9H2,1-6H3,(H3,18,19,20);2-6,9H,7-8,12H2,1H3,(H,13,14)/t;9-/m.0/s1. The van der Waals surface area contributed by atoms with E-state index >= 15 is 0 Å². The number of amides is 1. The largest absolute Gasteiger partial charge is 0.487 e. The third kappa shape index (κ3) is 8.19. The lowest BCUT2D eigenvalue weighted by Crippen LogP contribution is -2.38. The van der Waals surface area contributed by atoms with Gasteiger partial charge in [0.1, 0.15) is 11.4 Å². The minimum absolute atomic E-state index is 0.0547. The van der Waals surface area contributed by atoms with E-state index in [0.29, 0.717) is 18.5 Å². The molecule has 0 unspecified atom stereocenters. The predicted molar refractivity (Wildman–Crippen MR) is 153 cm³/mol. The van der Waals surface area contributed by atoms with E-state index in [2.05, 4.69) is 15.0 Å². The molecule has 2 aromatic rings. The molecule has 1 aliphatic rings. The number of ether oxygens (including phenoxy) is 1. The van der Waals surface area contributed by atoms with Crippen LogP contribution in [0, 0.1) is 20.8 Å². The summed E-state index contributed by atoms with van der Waals surface area (Å²) in [5, 5.41) is 2.81. The fourth-order valence-corrected chi connectivity index (χ4v) is 5.98. The first-order valence-corrected chi connectivity index (χ1v) is 14.4. The van der Waals surface area contributed by atoms with E-state index in [4.69, 9.17) is 16.2 Å². The average molecular weight is 546 g/mol. The number of aliphatic imine (C=N–C) groups is 1. The summed E-state index contributed by atoms with van der Waals surface area (Å²) in [4.78, 5) is 15.3. The minimum atomic E-state index is -3.79. The molecule has 0 fully saturated rings. The van der Waals surface area contributed by atoms with Gasteiger partial charge < -0.3 is 21.5 Å². The van der Waals surface area contributed by atoms with Crippen molar-refractivity contribution in [1.82, 2.24) is 10.0 Å². The van der Waals surface area contributed by atoms with Crippen LogP contribution in [0.15, 0.2) is 40.2 Å². The van der Waals surface area contributed by atoms with Gasteiger partial charge in [0.05, 0.1) is 11.4 Å². The zero-order valence-electron chi connectivity index (χ0n) is 23.6. The fourth-order valence-electron chi connectivity index (χ4n) is 4.45. The highest BCUT2D eigenvalue weighted by molar-refractivity contribution is 7.90. The first-order chi connectivity index (χ1) is 17.7. The van der Waals surface area contributed by atoms with Gasteiger partial charge in [-0.15, -0.1) is 0 Å². The van der Waals surface area contributed by atoms with Gasteiger partial charge in [-0.1, -0.05) is 37.3 Å². The van der Waals surface area contributed by atoms with Crippen LogP contribution in [0.5, 0.6) is 5.75 Å². The number of fused-ring (bicyclic) bond motifs is 1. The van der Waals surface area contributed by atoms with Crippen molar-refractivity contribution in [2.75, 3.05) is 13.1 Å². The number of rotatable bonds is 8. The molecule has 0 radical (unpaired) electrons. The molecule has 1 heterocycles. The topological polar surface area (TPSA) is 149 Å². The highest BCUT2D eigenvalue weighted by Crippen LogP contribution is 2.43. The van der Waals surface area contributed by atoms with E-state index in [0.717, 1.165) is 35.3 Å². The maximum absolute atomic E-state index is 12.8.